The molecule has 1 aliphatic rings. The van der Waals surface area contributed by atoms with E-state index >= 15 is 0 Å². The fraction of sp³-hybridized carbons (Fsp3) is 0.393. The highest BCUT2D eigenvalue weighted by molar-refractivity contribution is 5.93. The van der Waals surface area contributed by atoms with Crippen LogP contribution in [0, 0.1) is 5.92 Å². The van der Waals surface area contributed by atoms with Gasteiger partial charge >= 0.3 is 0 Å². The predicted octanol–water partition coefficient (Wildman–Crippen LogP) is 1.76. The van der Waals surface area contributed by atoms with Gasteiger partial charge in [0, 0.05) is 18.7 Å². The predicted molar refractivity (Wildman–Crippen MR) is 142 cm³/mol. The SMILES string of the molecule is CC(C)[C@H]1NC(=O)[C@@H](Cc2ccc(O)cc2)NCCOc2ccccc2/C=C/CNC(=O)[C@H](C)NC1=O. The molecule has 3 amide bonds. The van der Waals surface area contributed by atoms with Crippen LogP contribution in [0.5, 0.6) is 11.5 Å². The summed E-state index contributed by atoms with van der Waals surface area (Å²) in [6, 6.07) is 11.9. The first-order valence-corrected chi connectivity index (χ1v) is 12.5. The number of benzene rings is 2. The number of amides is 3. The van der Waals surface area contributed by atoms with Crippen LogP contribution < -0.4 is 26.0 Å². The van der Waals surface area contributed by atoms with Crippen LogP contribution in [0.2, 0.25) is 0 Å². The topological polar surface area (TPSA) is 129 Å². The fourth-order valence-corrected chi connectivity index (χ4v) is 3.93. The van der Waals surface area contributed by atoms with Crippen LogP contribution in [0.1, 0.15) is 31.9 Å². The van der Waals surface area contributed by atoms with Crippen molar-refractivity contribution in [1.82, 2.24) is 21.3 Å². The maximum absolute atomic E-state index is 13.4. The third kappa shape index (κ3) is 8.35. The highest BCUT2D eigenvalue weighted by atomic mass is 16.5. The number of rotatable bonds is 3. The lowest BCUT2D eigenvalue weighted by molar-refractivity contribution is -0.133. The standard InChI is InChI=1S/C28H36N4O5/c1-18(2)25-28(36)31-19(3)26(34)30-14-6-8-21-7-4-5-9-24(21)37-16-15-29-23(27(35)32-25)17-20-10-12-22(33)13-11-20/h4-13,18-19,23,25,29,33H,14-17H2,1-3H3,(H,30,34)(H,31,36)(H,32,35)/b8-6+/t19-,23+,25+/m0/s1. The van der Waals surface area contributed by atoms with Crippen LogP contribution >= 0.6 is 0 Å². The van der Waals surface area contributed by atoms with Crippen LogP contribution in [-0.4, -0.2) is 60.6 Å². The molecule has 9 heteroatoms. The summed E-state index contributed by atoms with van der Waals surface area (Å²) in [5.74, 6) is -0.479. The summed E-state index contributed by atoms with van der Waals surface area (Å²) in [7, 11) is 0. The summed E-state index contributed by atoms with van der Waals surface area (Å²) in [4.78, 5) is 38.9. The Hall–Kier alpha value is -3.85. The minimum absolute atomic E-state index is 0.140. The molecule has 0 aliphatic carbocycles. The van der Waals surface area contributed by atoms with Crippen molar-refractivity contribution in [3.8, 4) is 11.5 Å². The third-order valence-corrected chi connectivity index (χ3v) is 6.05. The maximum Gasteiger partial charge on any atom is 0.243 e. The fourth-order valence-electron chi connectivity index (χ4n) is 3.93. The number of fused-ring (bicyclic) bond motifs is 1. The molecule has 0 fully saturated rings. The first-order valence-electron chi connectivity index (χ1n) is 12.5. The summed E-state index contributed by atoms with van der Waals surface area (Å²) < 4.78 is 5.97. The van der Waals surface area contributed by atoms with E-state index in [4.69, 9.17) is 4.74 Å². The molecule has 3 atom stereocenters. The normalized spacial score (nSPS) is 22.9. The number of carbonyl (C=O) groups excluding carboxylic acids is 3. The molecule has 2 aromatic carbocycles. The second-order valence-electron chi connectivity index (χ2n) is 9.37. The van der Waals surface area contributed by atoms with Crippen LogP contribution in [0.25, 0.3) is 6.08 Å². The van der Waals surface area contributed by atoms with Gasteiger partial charge in [0.15, 0.2) is 0 Å². The first-order chi connectivity index (χ1) is 17.7. The van der Waals surface area contributed by atoms with E-state index < -0.39 is 24.0 Å². The molecule has 0 unspecified atom stereocenters. The van der Waals surface area contributed by atoms with Gasteiger partial charge in [-0.25, -0.2) is 0 Å². The van der Waals surface area contributed by atoms with E-state index in [1.54, 1.807) is 31.2 Å². The van der Waals surface area contributed by atoms with Crippen molar-refractivity contribution in [2.24, 2.45) is 5.92 Å². The first kappa shape index (κ1) is 27.7. The average molecular weight is 509 g/mol. The third-order valence-electron chi connectivity index (χ3n) is 6.05. The van der Waals surface area contributed by atoms with E-state index in [1.165, 1.54) is 0 Å². The number of ether oxygens (including phenoxy) is 1. The van der Waals surface area contributed by atoms with Crippen LogP contribution in [0.15, 0.2) is 54.6 Å². The molecule has 3 rings (SSSR count). The van der Waals surface area contributed by atoms with E-state index in [0.29, 0.717) is 25.3 Å². The minimum Gasteiger partial charge on any atom is -0.508 e. The molecule has 37 heavy (non-hydrogen) atoms. The van der Waals surface area contributed by atoms with Gasteiger partial charge < -0.3 is 31.1 Å². The van der Waals surface area contributed by atoms with Gasteiger partial charge in [0.25, 0.3) is 0 Å². The number of nitrogens with one attached hydrogen (secondary N) is 4. The summed E-state index contributed by atoms with van der Waals surface area (Å²) in [6.45, 7) is 6.26. The zero-order chi connectivity index (χ0) is 26.8. The Morgan fingerprint density at radius 1 is 0.973 bits per heavy atom. The van der Waals surface area contributed by atoms with Crippen LogP contribution in [-0.2, 0) is 20.8 Å². The highest BCUT2D eigenvalue weighted by Crippen LogP contribution is 2.19. The van der Waals surface area contributed by atoms with Crippen molar-refractivity contribution in [2.75, 3.05) is 19.7 Å². The van der Waals surface area contributed by atoms with E-state index in [9.17, 15) is 19.5 Å². The van der Waals surface area contributed by atoms with E-state index in [-0.39, 0.29) is 30.0 Å². The second-order valence-corrected chi connectivity index (χ2v) is 9.37. The van der Waals surface area contributed by atoms with Gasteiger partial charge in [-0.05, 0) is 43.0 Å². The smallest absolute Gasteiger partial charge is 0.243 e. The molecule has 5 N–H and O–H groups in total. The second kappa shape index (κ2) is 13.5. The average Bonchev–Trinajstić information content (AvgIpc) is 2.87. The van der Waals surface area contributed by atoms with Crippen molar-refractivity contribution < 1.29 is 24.2 Å². The molecule has 0 spiro atoms. The number of hydrogen-bond acceptors (Lipinski definition) is 6. The number of phenolic OH excluding ortho intramolecular Hbond substituents is 1. The Balaban J connectivity index is 1.84. The molecule has 198 valence electrons. The van der Waals surface area contributed by atoms with Crippen molar-refractivity contribution in [3.63, 3.8) is 0 Å². The Bertz CT molecular complexity index is 1100. The molecule has 0 radical (unpaired) electrons. The number of aromatic hydroxyl groups is 1. The number of hydrogen-bond donors (Lipinski definition) is 5. The monoisotopic (exact) mass is 508 g/mol. The minimum atomic E-state index is -0.825. The lowest BCUT2D eigenvalue weighted by Gasteiger charge is -2.26. The zero-order valence-corrected chi connectivity index (χ0v) is 21.5. The van der Waals surface area contributed by atoms with Crippen molar-refractivity contribution in [1.29, 1.82) is 0 Å². The molecule has 0 saturated heterocycles. The number of para-hydroxylation sites is 1. The van der Waals surface area contributed by atoms with Gasteiger partial charge in [0.05, 0.1) is 6.04 Å². The summed E-state index contributed by atoms with van der Waals surface area (Å²) >= 11 is 0. The summed E-state index contributed by atoms with van der Waals surface area (Å²) in [6.07, 6.45) is 4.03. The van der Waals surface area contributed by atoms with E-state index in [1.807, 2.05) is 50.3 Å². The Labute approximate surface area is 217 Å². The maximum atomic E-state index is 13.4. The highest BCUT2D eigenvalue weighted by Gasteiger charge is 2.29. The summed E-state index contributed by atoms with van der Waals surface area (Å²) in [5.41, 5.74) is 1.71. The molecule has 2 aromatic rings. The summed E-state index contributed by atoms with van der Waals surface area (Å²) in [5, 5.41) is 21.2. The van der Waals surface area contributed by atoms with Gasteiger partial charge in [-0.1, -0.05) is 56.3 Å². The van der Waals surface area contributed by atoms with Crippen molar-refractivity contribution >= 4 is 23.8 Å². The molecule has 0 saturated carbocycles. The van der Waals surface area contributed by atoms with Gasteiger partial charge in [-0.3, -0.25) is 14.4 Å². The number of phenols is 1. The molecule has 1 heterocycles. The Morgan fingerprint density at radius 3 is 2.43 bits per heavy atom. The Morgan fingerprint density at radius 2 is 1.70 bits per heavy atom. The van der Waals surface area contributed by atoms with Crippen molar-refractivity contribution in [2.45, 2.75) is 45.3 Å². The lowest BCUT2D eigenvalue weighted by Crippen LogP contribution is -2.57. The van der Waals surface area contributed by atoms with Gasteiger partial charge in [-0.15, -0.1) is 0 Å². The lowest BCUT2D eigenvalue weighted by atomic mass is 10.0. The molecule has 1 aliphatic heterocycles. The van der Waals surface area contributed by atoms with Crippen molar-refractivity contribution in [3.05, 3.63) is 65.7 Å². The quantitative estimate of drug-likeness (QED) is 0.430. The van der Waals surface area contributed by atoms with Gasteiger partial charge in [0.1, 0.15) is 30.2 Å². The molecule has 9 nitrogen and oxygen atoms in total. The zero-order valence-electron chi connectivity index (χ0n) is 21.5. The van der Waals surface area contributed by atoms with E-state index in [0.717, 1.165) is 11.1 Å². The van der Waals surface area contributed by atoms with Gasteiger partial charge in [0.2, 0.25) is 17.7 Å². The molecule has 0 aromatic heterocycles. The van der Waals surface area contributed by atoms with Gasteiger partial charge in [-0.2, -0.15) is 0 Å². The molecular weight excluding hydrogens is 472 g/mol. The van der Waals surface area contributed by atoms with Crippen LogP contribution in [0.3, 0.4) is 0 Å². The molecule has 0 bridgehead atoms. The Kier molecular flexibility index (Phi) is 10.1. The largest absolute Gasteiger partial charge is 0.508 e. The van der Waals surface area contributed by atoms with Crippen LogP contribution in [0.4, 0.5) is 0 Å². The number of carbonyl (C=O) groups is 3. The molecular formula is C28H36N4O5. The van der Waals surface area contributed by atoms with E-state index in [2.05, 4.69) is 21.3 Å².